The molecule has 1 fully saturated rings. The van der Waals surface area contributed by atoms with Gasteiger partial charge in [-0.1, -0.05) is 0 Å². The lowest BCUT2D eigenvalue weighted by molar-refractivity contribution is -0.0300. The molecular weight excluding hydrogens is 511 g/mol. The van der Waals surface area contributed by atoms with Gasteiger partial charge in [0.05, 0.1) is 27.1 Å². The van der Waals surface area contributed by atoms with Gasteiger partial charge in [0.15, 0.2) is 0 Å². The standard InChI is InChI=1S/C22H27IN4O4/c1-12(15-7-10-27(15)21(29)31-22(2,3)4)30-16-11-24-8-5-13(16)19-18(23)17-14(26-19)6-9-25-20(17)28/h5,8,11-12,15,26H,6-7,9-10H2,1-4H3,(H,25,28)/t12-,15+/m0/s1. The third-order valence-electron chi connectivity index (χ3n) is 5.51. The number of H-pyrrole nitrogens is 1. The molecule has 31 heavy (non-hydrogen) atoms. The number of hydrogen-bond acceptors (Lipinski definition) is 5. The molecule has 2 aliphatic heterocycles. The number of aromatic nitrogens is 2. The fourth-order valence-electron chi connectivity index (χ4n) is 3.93. The van der Waals surface area contributed by atoms with Crippen LogP contribution in [0.2, 0.25) is 0 Å². The molecule has 0 bridgehead atoms. The van der Waals surface area contributed by atoms with Crippen molar-refractivity contribution in [3.8, 4) is 17.0 Å². The maximum absolute atomic E-state index is 12.5. The minimum absolute atomic E-state index is 0.0551. The summed E-state index contributed by atoms with van der Waals surface area (Å²) in [5.41, 5.74) is 2.80. The number of halogens is 1. The van der Waals surface area contributed by atoms with Gasteiger partial charge in [-0.2, -0.15) is 0 Å². The van der Waals surface area contributed by atoms with Crippen molar-refractivity contribution in [2.24, 2.45) is 0 Å². The van der Waals surface area contributed by atoms with E-state index in [1.54, 1.807) is 17.3 Å². The quantitative estimate of drug-likeness (QED) is 0.579. The summed E-state index contributed by atoms with van der Waals surface area (Å²) in [4.78, 5) is 34.2. The summed E-state index contributed by atoms with van der Waals surface area (Å²) < 4.78 is 12.7. The fraction of sp³-hybridized carbons (Fsp3) is 0.500. The zero-order valence-electron chi connectivity index (χ0n) is 18.1. The normalized spacial score (nSPS) is 19.2. The zero-order chi connectivity index (χ0) is 22.3. The van der Waals surface area contributed by atoms with Crippen molar-refractivity contribution in [3.05, 3.63) is 33.3 Å². The molecule has 1 saturated heterocycles. The van der Waals surface area contributed by atoms with Crippen LogP contribution in [-0.2, 0) is 11.2 Å². The first-order valence-corrected chi connectivity index (χ1v) is 11.5. The van der Waals surface area contributed by atoms with Crippen molar-refractivity contribution >= 4 is 34.6 Å². The van der Waals surface area contributed by atoms with E-state index >= 15 is 0 Å². The van der Waals surface area contributed by atoms with E-state index in [9.17, 15) is 9.59 Å². The maximum atomic E-state index is 12.5. The topological polar surface area (TPSA) is 96.5 Å². The highest BCUT2D eigenvalue weighted by molar-refractivity contribution is 14.1. The van der Waals surface area contributed by atoms with E-state index in [1.165, 1.54) is 0 Å². The number of nitrogens with one attached hydrogen (secondary N) is 2. The highest BCUT2D eigenvalue weighted by Crippen LogP contribution is 2.37. The number of likely N-dealkylation sites (tertiary alicyclic amines) is 1. The first-order valence-electron chi connectivity index (χ1n) is 10.4. The Morgan fingerprint density at radius 2 is 2.16 bits per heavy atom. The molecule has 2 aliphatic rings. The second-order valence-electron chi connectivity index (χ2n) is 8.90. The van der Waals surface area contributed by atoms with E-state index in [0.717, 1.165) is 33.4 Å². The number of carbonyl (C=O) groups excluding carboxylic acids is 2. The van der Waals surface area contributed by atoms with Crippen LogP contribution in [0.5, 0.6) is 5.75 Å². The van der Waals surface area contributed by atoms with Crippen molar-refractivity contribution in [2.45, 2.75) is 58.3 Å². The van der Waals surface area contributed by atoms with Crippen LogP contribution < -0.4 is 10.1 Å². The van der Waals surface area contributed by atoms with Gasteiger partial charge < -0.3 is 24.7 Å². The van der Waals surface area contributed by atoms with E-state index < -0.39 is 5.60 Å². The Hall–Kier alpha value is -2.30. The average Bonchev–Trinajstić information content (AvgIpc) is 2.97. The highest BCUT2D eigenvalue weighted by Gasteiger charge is 2.40. The van der Waals surface area contributed by atoms with Crippen molar-refractivity contribution in [1.29, 1.82) is 0 Å². The molecule has 8 nitrogen and oxygen atoms in total. The van der Waals surface area contributed by atoms with Crippen LogP contribution in [0.3, 0.4) is 0 Å². The third-order valence-corrected chi connectivity index (χ3v) is 6.59. The SMILES string of the molecule is C[C@H](Oc1cnccc1-c1[nH]c2c(c1I)C(=O)NCC2)[C@H]1CCN1C(=O)OC(C)(C)C. The van der Waals surface area contributed by atoms with Crippen LogP contribution in [0.1, 0.15) is 50.2 Å². The zero-order valence-corrected chi connectivity index (χ0v) is 20.3. The molecule has 0 unspecified atom stereocenters. The van der Waals surface area contributed by atoms with Gasteiger partial charge >= 0.3 is 6.09 Å². The molecule has 2 aromatic rings. The van der Waals surface area contributed by atoms with E-state index in [1.807, 2.05) is 33.8 Å². The monoisotopic (exact) mass is 538 g/mol. The predicted octanol–water partition coefficient (Wildman–Crippen LogP) is 3.74. The first-order chi connectivity index (χ1) is 14.7. The fourth-order valence-corrected chi connectivity index (χ4v) is 4.92. The molecule has 2 N–H and O–H groups in total. The van der Waals surface area contributed by atoms with Gasteiger partial charge in [0, 0.05) is 37.0 Å². The Labute approximate surface area is 195 Å². The lowest BCUT2D eigenvalue weighted by Gasteiger charge is -2.44. The molecule has 166 valence electrons. The molecule has 2 amide bonds. The Kier molecular flexibility index (Phi) is 5.89. The molecule has 0 radical (unpaired) electrons. The molecule has 4 rings (SSSR count). The van der Waals surface area contributed by atoms with Crippen molar-refractivity contribution in [1.82, 2.24) is 20.2 Å². The first kappa shape index (κ1) is 21.9. The number of aromatic amines is 1. The number of fused-ring (bicyclic) bond motifs is 1. The molecule has 0 aromatic carbocycles. The van der Waals surface area contributed by atoms with Crippen molar-refractivity contribution < 1.29 is 19.1 Å². The van der Waals surface area contributed by atoms with Gasteiger partial charge in [-0.25, -0.2) is 4.79 Å². The number of rotatable bonds is 4. The summed E-state index contributed by atoms with van der Waals surface area (Å²) in [7, 11) is 0. The summed E-state index contributed by atoms with van der Waals surface area (Å²) in [6.45, 7) is 8.82. The van der Waals surface area contributed by atoms with Crippen molar-refractivity contribution in [2.75, 3.05) is 13.1 Å². The number of ether oxygens (including phenoxy) is 2. The van der Waals surface area contributed by atoms with Gasteiger partial charge in [-0.05, 0) is 62.8 Å². The molecule has 9 heteroatoms. The molecule has 0 spiro atoms. The Balaban J connectivity index is 1.55. The summed E-state index contributed by atoms with van der Waals surface area (Å²) in [5.74, 6) is 0.559. The molecule has 2 atom stereocenters. The Morgan fingerprint density at radius 1 is 1.39 bits per heavy atom. The lowest BCUT2D eigenvalue weighted by atomic mass is 9.98. The highest BCUT2D eigenvalue weighted by atomic mass is 127. The lowest BCUT2D eigenvalue weighted by Crippen LogP contribution is -2.58. The number of nitrogens with zero attached hydrogens (tertiary/aromatic N) is 2. The minimum atomic E-state index is -0.534. The van der Waals surface area contributed by atoms with Crippen LogP contribution in [0, 0.1) is 3.57 Å². The van der Waals surface area contributed by atoms with Crippen LogP contribution in [0.4, 0.5) is 4.79 Å². The number of carbonyl (C=O) groups is 2. The van der Waals surface area contributed by atoms with Crippen LogP contribution in [0.25, 0.3) is 11.3 Å². The minimum Gasteiger partial charge on any atom is -0.486 e. The van der Waals surface area contributed by atoms with Gasteiger partial charge in [0.25, 0.3) is 5.91 Å². The third kappa shape index (κ3) is 4.37. The van der Waals surface area contributed by atoms with Crippen LogP contribution >= 0.6 is 22.6 Å². The second-order valence-corrected chi connectivity index (χ2v) is 9.98. The molecule has 0 saturated carbocycles. The Bertz CT molecular complexity index is 1010. The van der Waals surface area contributed by atoms with Gasteiger partial charge in [-0.15, -0.1) is 0 Å². The molecule has 4 heterocycles. The molecule has 0 aliphatic carbocycles. The Morgan fingerprint density at radius 3 is 2.81 bits per heavy atom. The number of pyridine rings is 1. The molecular formula is C22H27IN4O4. The van der Waals surface area contributed by atoms with Gasteiger partial charge in [0.1, 0.15) is 17.5 Å². The van der Waals surface area contributed by atoms with E-state index in [4.69, 9.17) is 9.47 Å². The van der Waals surface area contributed by atoms with E-state index in [2.05, 4.69) is 37.9 Å². The van der Waals surface area contributed by atoms with Gasteiger partial charge in [-0.3, -0.25) is 9.78 Å². The average molecular weight is 538 g/mol. The predicted molar refractivity (Wildman–Crippen MR) is 124 cm³/mol. The maximum Gasteiger partial charge on any atom is 0.410 e. The van der Waals surface area contributed by atoms with Crippen LogP contribution in [-0.4, -0.2) is 57.7 Å². The number of amides is 2. The summed E-state index contributed by atoms with van der Waals surface area (Å²) >= 11 is 2.21. The molecule has 2 aromatic heterocycles. The van der Waals surface area contributed by atoms with Crippen LogP contribution in [0.15, 0.2) is 18.5 Å². The van der Waals surface area contributed by atoms with Crippen molar-refractivity contribution in [3.63, 3.8) is 0 Å². The number of hydrogen-bond donors (Lipinski definition) is 2. The summed E-state index contributed by atoms with van der Waals surface area (Å²) in [5, 5.41) is 2.90. The second kappa shape index (κ2) is 8.33. The summed E-state index contributed by atoms with van der Waals surface area (Å²) in [6, 6.07) is 1.82. The largest absolute Gasteiger partial charge is 0.486 e. The summed E-state index contributed by atoms with van der Waals surface area (Å²) in [6.07, 6.45) is 4.45. The van der Waals surface area contributed by atoms with E-state index in [-0.39, 0.29) is 24.1 Å². The van der Waals surface area contributed by atoms with Gasteiger partial charge in [0.2, 0.25) is 0 Å². The van der Waals surface area contributed by atoms with E-state index in [0.29, 0.717) is 24.4 Å². The smallest absolute Gasteiger partial charge is 0.410 e.